The van der Waals surface area contributed by atoms with Crippen LogP contribution in [-0.4, -0.2) is 24.3 Å². The predicted octanol–water partition coefficient (Wildman–Crippen LogP) is 3.13. The molecule has 0 aliphatic carbocycles. The molecule has 7 heteroatoms. The smallest absolute Gasteiger partial charge is 0.276 e. The number of ether oxygens (including phenoxy) is 1. The van der Waals surface area contributed by atoms with Crippen molar-refractivity contribution in [2.75, 3.05) is 11.9 Å². The molecule has 0 aliphatic rings. The SMILES string of the molecule is Cc1ccc(C)c(OCC(=O)NNC(=O)c2ccc(NC(=O)CC(C)C)cc2)c1. The van der Waals surface area contributed by atoms with Gasteiger partial charge in [0.1, 0.15) is 5.75 Å². The largest absolute Gasteiger partial charge is 0.483 e. The molecule has 0 aliphatic heterocycles. The molecule has 0 saturated heterocycles. The van der Waals surface area contributed by atoms with Crippen molar-refractivity contribution in [3.8, 4) is 5.75 Å². The number of hydrazine groups is 1. The van der Waals surface area contributed by atoms with Gasteiger partial charge in [-0.15, -0.1) is 0 Å². The molecule has 0 aromatic heterocycles. The van der Waals surface area contributed by atoms with Gasteiger partial charge < -0.3 is 10.1 Å². The predicted molar refractivity (Wildman–Crippen MR) is 112 cm³/mol. The van der Waals surface area contributed by atoms with Crippen LogP contribution in [0.5, 0.6) is 5.75 Å². The van der Waals surface area contributed by atoms with Crippen molar-refractivity contribution in [3.05, 3.63) is 59.2 Å². The first-order valence-electron chi connectivity index (χ1n) is 9.43. The minimum atomic E-state index is -0.475. The summed E-state index contributed by atoms with van der Waals surface area (Å²) in [6.45, 7) is 7.55. The highest BCUT2D eigenvalue weighted by Gasteiger charge is 2.10. The van der Waals surface area contributed by atoms with Crippen LogP contribution in [0.3, 0.4) is 0 Å². The van der Waals surface area contributed by atoms with Crippen LogP contribution in [0.25, 0.3) is 0 Å². The Morgan fingerprint density at radius 1 is 0.931 bits per heavy atom. The maximum Gasteiger partial charge on any atom is 0.276 e. The first-order chi connectivity index (χ1) is 13.7. The highest BCUT2D eigenvalue weighted by molar-refractivity contribution is 5.96. The molecule has 2 aromatic rings. The van der Waals surface area contributed by atoms with E-state index in [0.29, 0.717) is 23.4 Å². The number of hydrogen-bond donors (Lipinski definition) is 3. The van der Waals surface area contributed by atoms with E-state index in [1.165, 1.54) is 0 Å². The van der Waals surface area contributed by atoms with Gasteiger partial charge >= 0.3 is 0 Å². The molecule has 0 bridgehead atoms. The van der Waals surface area contributed by atoms with Crippen molar-refractivity contribution in [3.63, 3.8) is 0 Å². The number of carbonyl (C=O) groups is 3. The number of benzene rings is 2. The molecule has 0 unspecified atom stereocenters. The van der Waals surface area contributed by atoms with Gasteiger partial charge in [0.25, 0.3) is 11.8 Å². The van der Waals surface area contributed by atoms with Gasteiger partial charge in [-0.2, -0.15) is 0 Å². The third-order valence-corrected chi connectivity index (χ3v) is 4.04. The summed E-state index contributed by atoms with van der Waals surface area (Å²) in [4.78, 5) is 35.8. The Balaban J connectivity index is 1.80. The monoisotopic (exact) mass is 397 g/mol. The van der Waals surface area contributed by atoms with Crippen LogP contribution < -0.4 is 20.9 Å². The molecule has 0 spiro atoms. The molecule has 154 valence electrons. The van der Waals surface area contributed by atoms with Crippen LogP contribution in [0.2, 0.25) is 0 Å². The van der Waals surface area contributed by atoms with Crippen LogP contribution in [0.4, 0.5) is 5.69 Å². The number of hydrogen-bond acceptors (Lipinski definition) is 4. The third-order valence-electron chi connectivity index (χ3n) is 4.04. The average Bonchev–Trinajstić information content (AvgIpc) is 2.66. The summed E-state index contributed by atoms with van der Waals surface area (Å²) in [7, 11) is 0. The van der Waals surface area contributed by atoms with Crippen molar-refractivity contribution >= 4 is 23.4 Å². The minimum absolute atomic E-state index is 0.0756. The summed E-state index contributed by atoms with van der Waals surface area (Å²) >= 11 is 0. The Labute approximate surface area is 170 Å². The Morgan fingerprint density at radius 3 is 2.28 bits per heavy atom. The van der Waals surface area contributed by atoms with E-state index in [-0.39, 0.29) is 18.4 Å². The molecule has 29 heavy (non-hydrogen) atoms. The average molecular weight is 397 g/mol. The maximum atomic E-state index is 12.1. The fraction of sp³-hybridized carbons (Fsp3) is 0.318. The normalized spacial score (nSPS) is 10.4. The highest BCUT2D eigenvalue weighted by Crippen LogP contribution is 2.18. The molecule has 2 rings (SSSR count). The van der Waals surface area contributed by atoms with Gasteiger partial charge in [-0.05, 0) is 61.2 Å². The molecule has 0 atom stereocenters. The van der Waals surface area contributed by atoms with Gasteiger partial charge in [-0.25, -0.2) is 0 Å². The van der Waals surface area contributed by atoms with Crippen LogP contribution >= 0.6 is 0 Å². The van der Waals surface area contributed by atoms with Crippen LogP contribution in [0.15, 0.2) is 42.5 Å². The Hall–Kier alpha value is -3.35. The fourth-order valence-electron chi connectivity index (χ4n) is 2.53. The zero-order valence-corrected chi connectivity index (χ0v) is 17.2. The van der Waals surface area contributed by atoms with Crippen LogP contribution in [0.1, 0.15) is 41.8 Å². The molecule has 2 aromatic carbocycles. The standard InChI is InChI=1S/C22H27N3O4/c1-14(2)11-20(26)23-18-9-7-17(8-10-18)22(28)25-24-21(27)13-29-19-12-15(3)5-6-16(19)4/h5-10,12,14H,11,13H2,1-4H3,(H,23,26)(H,24,27)(H,25,28). The van der Waals surface area contributed by atoms with Gasteiger partial charge in [0.2, 0.25) is 5.91 Å². The molecule has 0 heterocycles. The Morgan fingerprint density at radius 2 is 1.62 bits per heavy atom. The quantitative estimate of drug-likeness (QED) is 0.626. The van der Waals surface area contributed by atoms with E-state index in [1.54, 1.807) is 24.3 Å². The zero-order valence-electron chi connectivity index (χ0n) is 17.2. The molecular weight excluding hydrogens is 370 g/mol. The van der Waals surface area contributed by atoms with Crippen molar-refractivity contribution < 1.29 is 19.1 Å². The van der Waals surface area contributed by atoms with E-state index in [1.807, 2.05) is 45.9 Å². The Bertz CT molecular complexity index is 876. The summed E-state index contributed by atoms with van der Waals surface area (Å²) in [5.74, 6) is -0.126. The van der Waals surface area contributed by atoms with Gasteiger partial charge in [0.05, 0.1) is 0 Å². The summed E-state index contributed by atoms with van der Waals surface area (Å²) in [6, 6.07) is 12.1. The number of nitrogens with one attached hydrogen (secondary N) is 3. The second-order valence-electron chi connectivity index (χ2n) is 7.28. The van der Waals surface area contributed by atoms with Gasteiger partial charge in [-0.3, -0.25) is 25.2 Å². The summed E-state index contributed by atoms with van der Waals surface area (Å²) < 4.78 is 5.49. The molecule has 0 saturated carbocycles. The van der Waals surface area contributed by atoms with Crippen LogP contribution in [-0.2, 0) is 9.59 Å². The molecule has 3 amide bonds. The van der Waals surface area contributed by atoms with Crippen LogP contribution in [0, 0.1) is 19.8 Å². The van der Waals surface area contributed by atoms with Gasteiger partial charge in [0.15, 0.2) is 6.61 Å². The van der Waals surface area contributed by atoms with E-state index in [4.69, 9.17) is 4.74 Å². The molecule has 3 N–H and O–H groups in total. The third kappa shape index (κ3) is 7.29. The molecule has 0 fully saturated rings. The van der Waals surface area contributed by atoms with Gasteiger partial charge in [0, 0.05) is 17.7 Å². The zero-order chi connectivity index (χ0) is 21.4. The highest BCUT2D eigenvalue weighted by atomic mass is 16.5. The molecule has 7 nitrogen and oxygen atoms in total. The Kier molecular flexibility index (Phi) is 7.77. The van der Waals surface area contributed by atoms with E-state index < -0.39 is 11.8 Å². The van der Waals surface area contributed by atoms with Crippen molar-refractivity contribution in [1.29, 1.82) is 0 Å². The summed E-state index contributed by atoms with van der Waals surface area (Å²) in [5, 5.41) is 2.77. The van der Waals surface area contributed by atoms with Crippen molar-refractivity contribution in [2.45, 2.75) is 34.1 Å². The number of amides is 3. The summed E-state index contributed by atoms with van der Waals surface area (Å²) in [5.41, 5.74) is 7.58. The van der Waals surface area contributed by atoms with E-state index in [0.717, 1.165) is 11.1 Å². The van der Waals surface area contributed by atoms with Gasteiger partial charge in [-0.1, -0.05) is 26.0 Å². The number of aryl methyl sites for hydroxylation is 2. The summed E-state index contributed by atoms with van der Waals surface area (Å²) in [6.07, 6.45) is 0.429. The number of rotatable bonds is 7. The second-order valence-corrected chi connectivity index (χ2v) is 7.28. The molecule has 0 radical (unpaired) electrons. The van der Waals surface area contributed by atoms with E-state index in [2.05, 4.69) is 16.2 Å². The second kappa shape index (κ2) is 10.3. The number of anilines is 1. The lowest BCUT2D eigenvalue weighted by Crippen LogP contribution is -2.43. The topological polar surface area (TPSA) is 96.5 Å². The molecular formula is C22H27N3O4. The number of carbonyl (C=O) groups excluding carboxylic acids is 3. The first kappa shape index (κ1) is 21.9. The minimum Gasteiger partial charge on any atom is -0.483 e. The lowest BCUT2D eigenvalue weighted by molar-refractivity contribution is -0.123. The lowest BCUT2D eigenvalue weighted by atomic mass is 10.1. The van der Waals surface area contributed by atoms with E-state index >= 15 is 0 Å². The van der Waals surface area contributed by atoms with Crippen molar-refractivity contribution in [2.24, 2.45) is 5.92 Å². The fourth-order valence-corrected chi connectivity index (χ4v) is 2.53. The first-order valence-corrected chi connectivity index (χ1v) is 9.43. The van der Waals surface area contributed by atoms with E-state index in [9.17, 15) is 14.4 Å². The van der Waals surface area contributed by atoms with Crippen molar-refractivity contribution in [1.82, 2.24) is 10.9 Å². The maximum absolute atomic E-state index is 12.1. The lowest BCUT2D eigenvalue weighted by Gasteiger charge is -2.11.